The lowest BCUT2D eigenvalue weighted by Crippen LogP contribution is -1.96. The zero-order valence-electron chi connectivity index (χ0n) is 10.5. The molecule has 0 amide bonds. The van der Waals surface area contributed by atoms with Crippen molar-refractivity contribution in [1.82, 2.24) is 0 Å². The fraction of sp³-hybridized carbons (Fsp3) is 0.200. The summed E-state index contributed by atoms with van der Waals surface area (Å²) in [6.45, 7) is 1.59. The average molecular weight is 281 g/mol. The number of halogens is 2. The number of hydrogen-bond donors (Lipinski definition) is 1. The first-order chi connectivity index (χ1) is 9.15. The van der Waals surface area contributed by atoms with E-state index in [2.05, 4.69) is 0 Å². The predicted molar refractivity (Wildman–Crippen MR) is 73.2 cm³/mol. The molecule has 2 nitrogen and oxygen atoms in total. The second-order valence-corrected chi connectivity index (χ2v) is 4.49. The van der Waals surface area contributed by atoms with Crippen LogP contribution in [-0.2, 0) is 13.0 Å². The van der Waals surface area contributed by atoms with Crippen molar-refractivity contribution in [2.75, 3.05) is 0 Å². The molecule has 0 fully saturated rings. The standard InChI is InChI=1S/C15H14ClFO2/c1-2-10-8-11(6-7-13(10)16)19-15-5-3-4-14(17)12(15)9-18/h3-8,18H,2,9H2,1H3. The molecule has 0 aromatic heterocycles. The molecule has 0 radical (unpaired) electrons. The molecule has 0 spiro atoms. The van der Waals surface area contributed by atoms with Gasteiger partial charge in [-0.15, -0.1) is 0 Å². The van der Waals surface area contributed by atoms with Crippen LogP contribution in [0, 0.1) is 5.82 Å². The molecule has 1 N–H and O–H groups in total. The van der Waals surface area contributed by atoms with Crippen LogP contribution in [0.4, 0.5) is 4.39 Å². The van der Waals surface area contributed by atoms with Crippen molar-refractivity contribution in [3.63, 3.8) is 0 Å². The fourth-order valence-electron chi connectivity index (χ4n) is 1.80. The fourth-order valence-corrected chi connectivity index (χ4v) is 2.05. The Bertz CT molecular complexity index is 584. The zero-order chi connectivity index (χ0) is 13.8. The first-order valence-corrected chi connectivity index (χ1v) is 6.38. The Morgan fingerprint density at radius 3 is 2.74 bits per heavy atom. The van der Waals surface area contributed by atoms with E-state index in [0.717, 1.165) is 12.0 Å². The Morgan fingerprint density at radius 1 is 1.26 bits per heavy atom. The molecule has 2 aromatic rings. The van der Waals surface area contributed by atoms with Crippen molar-refractivity contribution >= 4 is 11.6 Å². The molecule has 2 aromatic carbocycles. The molecule has 4 heteroatoms. The highest BCUT2D eigenvalue weighted by Gasteiger charge is 2.10. The van der Waals surface area contributed by atoms with E-state index in [1.54, 1.807) is 24.3 Å². The van der Waals surface area contributed by atoms with Gasteiger partial charge in [-0.2, -0.15) is 0 Å². The second kappa shape index (κ2) is 6.04. The van der Waals surface area contributed by atoms with Crippen LogP contribution in [0.5, 0.6) is 11.5 Å². The molecule has 2 rings (SSSR count). The lowest BCUT2D eigenvalue weighted by atomic mass is 10.1. The molecule has 100 valence electrons. The number of aryl methyl sites for hydroxylation is 1. The molecule has 19 heavy (non-hydrogen) atoms. The second-order valence-electron chi connectivity index (χ2n) is 4.08. The van der Waals surface area contributed by atoms with Gasteiger partial charge in [0.2, 0.25) is 0 Å². The van der Waals surface area contributed by atoms with Crippen LogP contribution in [0.1, 0.15) is 18.1 Å². The normalized spacial score (nSPS) is 10.5. The largest absolute Gasteiger partial charge is 0.457 e. The Kier molecular flexibility index (Phi) is 4.40. The minimum atomic E-state index is -0.482. The number of aliphatic hydroxyl groups is 1. The highest BCUT2D eigenvalue weighted by Crippen LogP contribution is 2.30. The average Bonchev–Trinajstić information content (AvgIpc) is 2.41. The third-order valence-corrected chi connectivity index (χ3v) is 3.23. The van der Waals surface area contributed by atoms with Crippen LogP contribution in [0.2, 0.25) is 5.02 Å². The lowest BCUT2D eigenvalue weighted by Gasteiger charge is -2.11. The molecule has 0 unspecified atom stereocenters. The highest BCUT2D eigenvalue weighted by molar-refractivity contribution is 6.31. The van der Waals surface area contributed by atoms with Gasteiger partial charge < -0.3 is 9.84 Å². The van der Waals surface area contributed by atoms with Gasteiger partial charge in [0.15, 0.2) is 0 Å². The summed E-state index contributed by atoms with van der Waals surface area (Å²) >= 11 is 6.03. The van der Waals surface area contributed by atoms with Gasteiger partial charge in [-0.1, -0.05) is 24.6 Å². The van der Waals surface area contributed by atoms with Crippen LogP contribution in [-0.4, -0.2) is 5.11 Å². The number of ether oxygens (including phenoxy) is 1. The Balaban J connectivity index is 2.33. The van der Waals surface area contributed by atoms with Gasteiger partial charge in [-0.05, 0) is 42.3 Å². The first-order valence-electron chi connectivity index (χ1n) is 6.00. The maximum Gasteiger partial charge on any atom is 0.135 e. The van der Waals surface area contributed by atoms with E-state index in [4.69, 9.17) is 16.3 Å². The summed E-state index contributed by atoms with van der Waals surface area (Å²) in [5.41, 5.74) is 1.11. The van der Waals surface area contributed by atoms with Gasteiger partial charge >= 0.3 is 0 Å². The quantitative estimate of drug-likeness (QED) is 0.903. The van der Waals surface area contributed by atoms with E-state index in [9.17, 15) is 9.50 Å². The van der Waals surface area contributed by atoms with E-state index in [0.29, 0.717) is 16.5 Å². The maximum atomic E-state index is 13.5. The van der Waals surface area contributed by atoms with Crippen molar-refractivity contribution < 1.29 is 14.2 Å². The van der Waals surface area contributed by atoms with Gasteiger partial charge in [0, 0.05) is 5.02 Å². The number of hydrogen-bond acceptors (Lipinski definition) is 2. The summed E-state index contributed by atoms with van der Waals surface area (Å²) in [5.74, 6) is 0.401. The van der Waals surface area contributed by atoms with Gasteiger partial charge in [-0.25, -0.2) is 4.39 Å². The van der Waals surface area contributed by atoms with Crippen LogP contribution in [0.3, 0.4) is 0 Å². The molecule has 0 bridgehead atoms. The summed E-state index contributed by atoms with van der Waals surface area (Å²) in [6, 6.07) is 9.72. The van der Waals surface area contributed by atoms with Gasteiger partial charge in [0.25, 0.3) is 0 Å². The highest BCUT2D eigenvalue weighted by atomic mass is 35.5. The van der Waals surface area contributed by atoms with Crippen LogP contribution in [0.15, 0.2) is 36.4 Å². The van der Waals surface area contributed by atoms with E-state index >= 15 is 0 Å². The topological polar surface area (TPSA) is 29.5 Å². The van der Waals surface area contributed by atoms with Crippen LogP contribution < -0.4 is 4.74 Å². The molecule has 0 saturated heterocycles. The van der Waals surface area contributed by atoms with Crippen LogP contribution >= 0.6 is 11.6 Å². The summed E-state index contributed by atoms with van der Waals surface area (Å²) < 4.78 is 19.1. The molecule has 0 heterocycles. The van der Waals surface area contributed by atoms with Crippen molar-refractivity contribution in [1.29, 1.82) is 0 Å². The Hall–Kier alpha value is -1.58. The van der Waals surface area contributed by atoms with Crippen molar-refractivity contribution in [2.45, 2.75) is 20.0 Å². The molecule has 0 saturated carbocycles. The zero-order valence-corrected chi connectivity index (χ0v) is 11.2. The first kappa shape index (κ1) is 13.8. The number of benzene rings is 2. The van der Waals surface area contributed by atoms with E-state index in [1.165, 1.54) is 6.07 Å². The molecule has 0 aliphatic carbocycles. The Morgan fingerprint density at radius 2 is 2.05 bits per heavy atom. The summed E-state index contributed by atoms with van der Waals surface area (Å²) in [7, 11) is 0. The van der Waals surface area contributed by atoms with Crippen molar-refractivity contribution in [3.05, 3.63) is 58.4 Å². The maximum absolute atomic E-state index is 13.5. The summed E-state index contributed by atoms with van der Waals surface area (Å²) in [4.78, 5) is 0. The molecular formula is C15H14ClFO2. The molecular weight excluding hydrogens is 267 g/mol. The number of aliphatic hydroxyl groups excluding tert-OH is 1. The Labute approximate surface area is 116 Å². The summed E-state index contributed by atoms with van der Waals surface area (Å²) in [5, 5.41) is 9.86. The molecule has 0 aliphatic heterocycles. The van der Waals surface area contributed by atoms with E-state index < -0.39 is 12.4 Å². The van der Waals surface area contributed by atoms with Crippen molar-refractivity contribution in [2.24, 2.45) is 0 Å². The summed E-state index contributed by atoms with van der Waals surface area (Å²) in [6.07, 6.45) is 0.784. The molecule has 0 atom stereocenters. The van der Waals surface area contributed by atoms with E-state index in [-0.39, 0.29) is 5.56 Å². The molecule has 0 aliphatic rings. The van der Waals surface area contributed by atoms with Crippen LogP contribution in [0.25, 0.3) is 0 Å². The smallest absolute Gasteiger partial charge is 0.135 e. The lowest BCUT2D eigenvalue weighted by molar-refractivity contribution is 0.270. The van der Waals surface area contributed by atoms with Gasteiger partial charge in [0.1, 0.15) is 17.3 Å². The van der Waals surface area contributed by atoms with Gasteiger partial charge in [-0.3, -0.25) is 0 Å². The van der Waals surface area contributed by atoms with Crippen molar-refractivity contribution in [3.8, 4) is 11.5 Å². The monoisotopic (exact) mass is 280 g/mol. The minimum Gasteiger partial charge on any atom is -0.457 e. The third-order valence-electron chi connectivity index (χ3n) is 2.86. The third kappa shape index (κ3) is 3.06. The number of rotatable bonds is 4. The van der Waals surface area contributed by atoms with E-state index in [1.807, 2.05) is 13.0 Å². The predicted octanol–water partition coefficient (Wildman–Crippen LogP) is 4.33. The minimum absolute atomic E-state index is 0.149. The SMILES string of the molecule is CCc1cc(Oc2cccc(F)c2CO)ccc1Cl. The van der Waals surface area contributed by atoms with Gasteiger partial charge in [0.05, 0.1) is 12.2 Å².